The summed E-state index contributed by atoms with van der Waals surface area (Å²) in [6.07, 6.45) is 0.955. The number of hydrogen-bond donors (Lipinski definition) is 2. The highest BCUT2D eigenvalue weighted by atomic mass is 35.5. The lowest BCUT2D eigenvalue weighted by Gasteiger charge is -2.10. The molecule has 102 valence electrons. The summed E-state index contributed by atoms with van der Waals surface area (Å²) in [5.74, 6) is 0.481. The molecule has 0 saturated carbocycles. The van der Waals surface area contributed by atoms with Crippen LogP contribution in [0.4, 0.5) is 5.69 Å². The summed E-state index contributed by atoms with van der Waals surface area (Å²) in [6, 6.07) is 6.93. The van der Waals surface area contributed by atoms with Gasteiger partial charge < -0.3 is 10.6 Å². The first kappa shape index (κ1) is 15.3. The lowest BCUT2D eigenvalue weighted by molar-refractivity contribution is -0.119. The molecule has 0 aliphatic carbocycles. The quantitative estimate of drug-likeness (QED) is 0.841. The van der Waals surface area contributed by atoms with Crippen molar-refractivity contribution in [2.45, 2.75) is 20.3 Å². The van der Waals surface area contributed by atoms with Crippen molar-refractivity contribution in [1.29, 1.82) is 5.26 Å². The Bertz CT molecular complexity index is 480. The monoisotopic (exact) mass is 279 g/mol. The van der Waals surface area contributed by atoms with E-state index in [2.05, 4.69) is 24.5 Å². The molecule has 2 N–H and O–H groups in total. The van der Waals surface area contributed by atoms with Crippen LogP contribution in [0.15, 0.2) is 18.2 Å². The zero-order valence-electron chi connectivity index (χ0n) is 11.2. The number of rotatable bonds is 6. The Labute approximate surface area is 118 Å². The number of amides is 1. The van der Waals surface area contributed by atoms with Gasteiger partial charge in [0, 0.05) is 6.54 Å². The summed E-state index contributed by atoms with van der Waals surface area (Å²) < 4.78 is 0. The zero-order valence-corrected chi connectivity index (χ0v) is 11.9. The summed E-state index contributed by atoms with van der Waals surface area (Å²) in [5.41, 5.74) is 1.10. The SMILES string of the molecule is CC(C)CCNC(=O)CNc1cc(C#N)ccc1Cl. The van der Waals surface area contributed by atoms with Gasteiger partial charge in [0.15, 0.2) is 0 Å². The largest absolute Gasteiger partial charge is 0.375 e. The maximum Gasteiger partial charge on any atom is 0.239 e. The molecule has 1 aromatic rings. The van der Waals surface area contributed by atoms with E-state index in [9.17, 15) is 4.79 Å². The fourth-order valence-electron chi connectivity index (χ4n) is 1.47. The molecule has 0 aromatic heterocycles. The first-order chi connectivity index (χ1) is 9.02. The normalized spacial score (nSPS) is 10.1. The van der Waals surface area contributed by atoms with Gasteiger partial charge >= 0.3 is 0 Å². The summed E-state index contributed by atoms with van der Waals surface area (Å²) in [5, 5.41) is 15.0. The smallest absolute Gasteiger partial charge is 0.239 e. The number of nitriles is 1. The Kier molecular flexibility index (Phi) is 6.17. The number of anilines is 1. The Morgan fingerprint density at radius 2 is 2.21 bits per heavy atom. The van der Waals surface area contributed by atoms with E-state index in [1.165, 1.54) is 0 Å². The van der Waals surface area contributed by atoms with Gasteiger partial charge in [-0.25, -0.2) is 0 Å². The van der Waals surface area contributed by atoms with Gasteiger partial charge in [-0.1, -0.05) is 25.4 Å². The molecule has 0 spiro atoms. The molecule has 0 radical (unpaired) electrons. The minimum absolute atomic E-state index is 0.0842. The van der Waals surface area contributed by atoms with E-state index in [1.807, 2.05) is 6.07 Å². The Hall–Kier alpha value is -1.73. The van der Waals surface area contributed by atoms with Gasteiger partial charge in [-0.2, -0.15) is 5.26 Å². The zero-order chi connectivity index (χ0) is 14.3. The van der Waals surface area contributed by atoms with Crippen LogP contribution in [0.1, 0.15) is 25.8 Å². The lowest BCUT2D eigenvalue weighted by atomic mass is 10.1. The van der Waals surface area contributed by atoms with E-state index in [0.717, 1.165) is 6.42 Å². The van der Waals surface area contributed by atoms with Crippen LogP contribution < -0.4 is 10.6 Å². The second kappa shape index (κ2) is 7.65. The van der Waals surface area contributed by atoms with E-state index >= 15 is 0 Å². The maximum atomic E-state index is 11.6. The van der Waals surface area contributed by atoms with Crippen LogP contribution in [0.2, 0.25) is 5.02 Å². The van der Waals surface area contributed by atoms with E-state index in [1.54, 1.807) is 18.2 Å². The van der Waals surface area contributed by atoms with Gasteiger partial charge in [0.2, 0.25) is 5.91 Å². The molecular weight excluding hydrogens is 262 g/mol. The standard InChI is InChI=1S/C14H18ClN3O/c1-10(2)5-6-17-14(19)9-18-13-7-11(8-16)3-4-12(13)15/h3-4,7,10,18H,5-6,9H2,1-2H3,(H,17,19). The summed E-state index contributed by atoms with van der Waals surface area (Å²) in [7, 11) is 0. The summed E-state index contributed by atoms with van der Waals surface area (Å²) in [4.78, 5) is 11.6. The Balaban J connectivity index is 2.44. The molecule has 4 nitrogen and oxygen atoms in total. The second-order valence-electron chi connectivity index (χ2n) is 4.69. The van der Waals surface area contributed by atoms with Crippen molar-refractivity contribution in [3.63, 3.8) is 0 Å². The van der Waals surface area contributed by atoms with E-state index in [-0.39, 0.29) is 12.5 Å². The summed E-state index contributed by atoms with van der Waals surface area (Å²) in [6.45, 7) is 5.03. The number of halogens is 1. The van der Waals surface area contributed by atoms with Gasteiger partial charge in [0.1, 0.15) is 0 Å². The highest BCUT2D eigenvalue weighted by molar-refractivity contribution is 6.33. The van der Waals surface area contributed by atoms with Gasteiger partial charge in [-0.15, -0.1) is 0 Å². The predicted molar refractivity (Wildman–Crippen MR) is 77.1 cm³/mol. The lowest BCUT2D eigenvalue weighted by Crippen LogP contribution is -2.31. The third-order valence-corrected chi connectivity index (χ3v) is 2.91. The third-order valence-electron chi connectivity index (χ3n) is 2.58. The molecule has 0 bridgehead atoms. The number of nitrogens with zero attached hydrogens (tertiary/aromatic N) is 1. The van der Waals surface area contributed by atoms with Crippen molar-refractivity contribution in [2.75, 3.05) is 18.4 Å². The molecule has 1 aromatic carbocycles. The molecule has 5 heteroatoms. The van der Waals surface area contributed by atoms with Gasteiger partial charge in [-0.3, -0.25) is 4.79 Å². The fourth-order valence-corrected chi connectivity index (χ4v) is 1.65. The molecule has 19 heavy (non-hydrogen) atoms. The van der Waals surface area contributed by atoms with Crippen molar-refractivity contribution in [3.8, 4) is 6.07 Å². The molecule has 0 heterocycles. The molecule has 0 aliphatic rings. The van der Waals surface area contributed by atoms with Crippen molar-refractivity contribution in [1.82, 2.24) is 5.32 Å². The van der Waals surface area contributed by atoms with Crippen molar-refractivity contribution >= 4 is 23.2 Å². The average molecular weight is 280 g/mol. The molecule has 0 fully saturated rings. The van der Waals surface area contributed by atoms with Crippen molar-refractivity contribution < 1.29 is 4.79 Å². The summed E-state index contributed by atoms with van der Waals surface area (Å²) >= 11 is 5.98. The van der Waals surface area contributed by atoms with Crippen LogP contribution >= 0.6 is 11.6 Å². The van der Waals surface area contributed by atoms with Crippen LogP contribution in [0.25, 0.3) is 0 Å². The molecule has 1 rings (SSSR count). The minimum atomic E-state index is -0.0842. The second-order valence-corrected chi connectivity index (χ2v) is 5.10. The molecule has 1 amide bonds. The van der Waals surface area contributed by atoms with Crippen LogP contribution in [0.3, 0.4) is 0 Å². The molecule has 0 aliphatic heterocycles. The van der Waals surface area contributed by atoms with Crippen LogP contribution in [0, 0.1) is 17.2 Å². The first-order valence-electron chi connectivity index (χ1n) is 6.23. The van der Waals surface area contributed by atoms with Gasteiger partial charge in [0.25, 0.3) is 0 Å². The number of carbonyl (C=O) groups excluding carboxylic acids is 1. The highest BCUT2D eigenvalue weighted by Gasteiger charge is 2.05. The van der Waals surface area contributed by atoms with Gasteiger partial charge in [-0.05, 0) is 30.5 Å². The highest BCUT2D eigenvalue weighted by Crippen LogP contribution is 2.22. The number of carbonyl (C=O) groups is 1. The van der Waals surface area contributed by atoms with E-state index in [4.69, 9.17) is 16.9 Å². The average Bonchev–Trinajstić information content (AvgIpc) is 2.37. The topological polar surface area (TPSA) is 64.9 Å². The fraction of sp³-hybridized carbons (Fsp3) is 0.429. The first-order valence-corrected chi connectivity index (χ1v) is 6.61. The minimum Gasteiger partial charge on any atom is -0.375 e. The van der Waals surface area contributed by atoms with E-state index < -0.39 is 0 Å². The number of hydrogen-bond acceptors (Lipinski definition) is 3. The molecule has 0 saturated heterocycles. The van der Waals surface area contributed by atoms with Crippen molar-refractivity contribution in [3.05, 3.63) is 28.8 Å². The van der Waals surface area contributed by atoms with Crippen LogP contribution in [-0.2, 0) is 4.79 Å². The van der Waals surface area contributed by atoms with Crippen molar-refractivity contribution in [2.24, 2.45) is 5.92 Å². The molecule has 0 unspecified atom stereocenters. The van der Waals surface area contributed by atoms with E-state index in [0.29, 0.717) is 28.7 Å². The Morgan fingerprint density at radius 1 is 1.47 bits per heavy atom. The number of benzene rings is 1. The van der Waals surface area contributed by atoms with Crippen LogP contribution in [-0.4, -0.2) is 19.0 Å². The predicted octanol–water partition coefficient (Wildman–Crippen LogP) is 2.79. The van der Waals surface area contributed by atoms with Gasteiger partial charge in [0.05, 0.1) is 28.9 Å². The molecular formula is C14H18ClN3O. The third kappa shape index (κ3) is 5.62. The number of nitrogens with one attached hydrogen (secondary N) is 2. The van der Waals surface area contributed by atoms with Crippen LogP contribution in [0.5, 0.6) is 0 Å². The molecule has 0 atom stereocenters. The maximum absolute atomic E-state index is 11.6. The Morgan fingerprint density at radius 3 is 2.84 bits per heavy atom.